The highest BCUT2D eigenvalue weighted by molar-refractivity contribution is 5.81. The van der Waals surface area contributed by atoms with Gasteiger partial charge in [-0.2, -0.15) is 0 Å². The minimum atomic E-state index is 0.0216. The number of fused-ring (bicyclic) bond motifs is 1. The predicted octanol–water partition coefficient (Wildman–Crippen LogP) is 3.95. The smallest absolute Gasteiger partial charge is 0.240 e. The van der Waals surface area contributed by atoms with Crippen LogP contribution in [0.15, 0.2) is 48.5 Å². The molecule has 6 heteroatoms. The summed E-state index contributed by atoms with van der Waals surface area (Å²) in [5.74, 6) is 1.82. The standard InChI is InChI=1S/C25H32N4O2/c1-3-24-27-21-9-5-6-10-22(21)29(24)18-25(30)26-17-23(28-15-7-4-8-16-28)19-11-13-20(31-2)14-12-19/h5-6,9-14,23H,3-4,7-8,15-18H2,1-2H3,(H,26,30)/t23-/m1/s1. The Labute approximate surface area is 184 Å². The quantitative estimate of drug-likeness (QED) is 0.599. The predicted molar refractivity (Wildman–Crippen MR) is 123 cm³/mol. The molecule has 4 rings (SSSR count). The Morgan fingerprint density at radius 3 is 2.55 bits per heavy atom. The van der Waals surface area contributed by atoms with Gasteiger partial charge in [-0.05, 0) is 55.8 Å². The van der Waals surface area contributed by atoms with Gasteiger partial charge in [0.1, 0.15) is 18.1 Å². The second-order valence-corrected chi connectivity index (χ2v) is 8.15. The summed E-state index contributed by atoms with van der Waals surface area (Å²) in [7, 11) is 1.68. The number of para-hydroxylation sites is 2. The SMILES string of the molecule is CCc1nc2ccccc2n1CC(=O)NC[C@H](c1ccc(OC)cc1)N1CCCCC1. The van der Waals surface area contributed by atoms with Crippen LogP contribution in [-0.4, -0.2) is 47.1 Å². The maximum absolute atomic E-state index is 12.9. The number of nitrogens with zero attached hydrogens (tertiary/aromatic N) is 3. The Morgan fingerprint density at radius 1 is 1.10 bits per heavy atom. The molecule has 2 aromatic carbocycles. The van der Waals surface area contributed by atoms with E-state index in [4.69, 9.17) is 4.74 Å². The number of carbonyl (C=O) groups excluding carboxylic acids is 1. The lowest BCUT2D eigenvalue weighted by Gasteiger charge is -2.35. The number of aromatic nitrogens is 2. The molecule has 1 saturated heterocycles. The van der Waals surface area contributed by atoms with Gasteiger partial charge in [0.2, 0.25) is 5.91 Å². The number of ether oxygens (including phenoxy) is 1. The van der Waals surface area contributed by atoms with Gasteiger partial charge in [0.15, 0.2) is 0 Å². The van der Waals surface area contributed by atoms with Gasteiger partial charge in [-0.25, -0.2) is 4.98 Å². The number of hydrogen-bond acceptors (Lipinski definition) is 4. The molecule has 1 aliphatic rings. The molecule has 1 N–H and O–H groups in total. The van der Waals surface area contributed by atoms with Gasteiger partial charge < -0.3 is 14.6 Å². The first-order valence-electron chi connectivity index (χ1n) is 11.3. The van der Waals surface area contributed by atoms with E-state index in [2.05, 4.69) is 34.3 Å². The van der Waals surface area contributed by atoms with Crippen LogP contribution in [0.3, 0.4) is 0 Å². The largest absolute Gasteiger partial charge is 0.497 e. The number of benzene rings is 2. The molecule has 164 valence electrons. The number of aryl methyl sites for hydroxylation is 1. The third kappa shape index (κ3) is 4.90. The van der Waals surface area contributed by atoms with Crippen molar-refractivity contribution in [2.75, 3.05) is 26.7 Å². The molecule has 6 nitrogen and oxygen atoms in total. The first kappa shape index (κ1) is 21.4. The number of nitrogens with one attached hydrogen (secondary N) is 1. The van der Waals surface area contributed by atoms with Crippen LogP contribution in [0.2, 0.25) is 0 Å². The van der Waals surface area contributed by atoms with Crippen LogP contribution in [0, 0.1) is 0 Å². The highest BCUT2D eigenvalue weighted by Gasteiger charge is 2.23. The fraction of sp³-hybridized carbons (Fsp3) is 0.440. The van der Waals surface area contributed by atoms with Crippen molar-refractivity contribution in [3.05, 3.63) is 59.9 Å². The molecule has 0 saturated carbocycles. The molecule has 1 atom stereocenters. The normalized spacial score (nSPS) is 15.7. The minimum absolute atomic E-state index is 0.0216. The van der Waals surface area contributed by atoms with Crippen LogP contribution >= 0.6 is 0 Å². The van der Waals surface area contributed by atoms with Crippen LogP contribution in [-0.2, 0) is 17.8 Å². The van der Waals surface area contributed by atoms with Gasteiger partial charge in [-0.15, -0.1) is 0 Å². The maximum atomic E-state index is 12.9. The number of piperidine rings is 1. The van der Waals surface area contributed by atoms with Gasteiger partial charge in [0.05, 0.1) is 24.2 Å². The maximum Gasteiger partial charge on any atom is 0.240 e. The molecule has 0 unspecified atom stereocenters. The lowest BCUT2D eigenvalue weighted by Crippen LogP contribution is -2.41. The third-order valence-electron chi connectivity index (χ3n) is 6.18. The Kier molecular flexibility index (Phi) is 6.87. The summed E-state index contributed by atoms with van der Waals surface area (Å²) in [4.78, 5) is 20.1. The van der Waals surface area contributed by atoms with E-state index in [-0.39, 0.29) is 11.9 Å². The summed E-state index contributed by atoms with van der Waals surface area (Å²) < 4.78 is 7.35. The van der Waals surface area contributed by atoms with E-state index in [0.29, 0.717) is 13.1 Å². The molecular weight excluding hydrogens is 388 g/mol. The molecule has 0 spiro atoms. The van der Waals surface area contributed by atoms with E-state index in [1.165, 1.54) is 24.8 Å². The summed E-state index contributed by atoms with van der Waals surface area (Å²) in [6.07, 6.45) is 4.50. The number of methoxy groups -OCH3 is 1. The summed E-state index contributed by atoms with van der Waals surface area (Å²) in [6, 6.07) is 16.4. The van der Waals surface area contributed by atoms with Crippen LogP contribution < -0.4 is 10.1 Å². The molecule has 0 bridgehead atoms. The minimum Gasteiger partial charge on any atom is -0.497 e. The van der Waals surface area contributed by atoms with Crippen molar-refractivity contribution >= 4 is 16.9 Å². The monoisotopic (exact) mass is 420 g/mol. The molecule has 31 heavy (non-hydrogen) atoms. The van der Waals surface area contributed by atoms with Gasteiger partial charge in [0.25, 0.3) is 0 Å². The second-order valence-electron chi connectivity index (χ2n) is 8.15. The number of likely N-dealkylation sites (tertiary alicyclic amines) is 1. The van der Waals surface area contributed by atoms with Crippen molar-refractivity contribution in [2.24, 2.45) is 0 Å². The first-order valence-corrected chi connectivity index (χ1v) is 11.3. The van der Waals surface area contributed by atoms with E-state index in [1.54, 1.807) is 7.11 Å². The van der Waals surface area contributed by atoms with E-state index in [1.807, 2.05) is 41.0 Å². The topological polar surface area (TPSA) is 59.4 Å². The average Bonchev–Trinajstić information content (AvgIpc) is 3.18. The van der Waals surface area contributed by atoms with Crippen LogP contribution in [0.1, 0.15) is 43.6 Å². The number of hydrogen-bond donors (Lipinski definition) is 1. The van der Waals surface area contributed by atoms with Crippen molar-refractivity contribution in [2.45, 2.75) is 45.2 Å². The third-order valence-corrected chi connectivity index (χ3v) is 6.18. The van der Waals surface area contributed by atoms with Crippen LogP contribution in [0.25, 0.3) is 11.0 Å². The van der Waals surface area contributed by atoms with Gasteiger partial charge in [-0.1, -0.05) is 37.6 Å². The summed E-state index contributed by atoms with van der Waals surface area (Å²) in [5.41, 5.74) is 3.17. The second kappa shape index (κ2) is 9.96. The Balaban J connectivity index is 1.48. The zero-order valence-electron chi connectivity index (χ0n) is 18.5. The molecule has 2 heterocycles. The zero-order valence-corrected chi connectivity index (χ0v) is 18.5. The molecule has 0 aliphatic carbocycles. The Bertz CT molecular complexity index is 1010. The van der Waals surface area contributed by atoms with E-state index < -0.39 is 0 Å². The fourth-order valence-electron chi connectivity index (χ4n) is 4.50. The molecule has 1 aliphatic heterocycles. The summed E-state index contributed by atoms with van der Waals surface area (Å²) in [6.45, 7) is 5.10. The van der Waals surface area contributed by atoms with Gasteiger partial charge >= 0.3 is 0 Å². The lowest BCUT2D eigenvalue weighted by molar-refractivity contribution is -0.121. The summed E-state index contributed by atoms with van der Waals surface area (Å²) in [5, 5.41) is 3.20. The first-order chi connectivity index (χ1) is 15.2. The number of imidazole rings is 1. The Morgan fingerprint density at radius 2 is 1.84 bits per heavy atom. The van der Waals surface area contributed by atoms with E-state index in [0.717, 1.165) is 42.1 Å². The molecular formula is C25H32N4O2. The highest BCUT2D eigenvalue weighted by Crippen LogP contribution is 2.26. The molecule has 1 fully saturated rings. The van der Waals surface area contributed by atoms with Crippen molar-refractivity contribution in [3.8, 4) is 5.75 Å². The van der Waals surface area contributed by atoms with Crippen molar-refractivity contribution in [1.82, 2.24) is 19.8 Å². The van der Waals surface area contributed by atoms with Crippen molar-refractivity contribution < 1.29 is 9.53 Å². The number of rotatable bonds is 8. The van der Waals surface area contributed by atoms with E-state index >= 15 is 0 Å². The van der Waals surface area contributed by atoms with Crippen molar-refractivity contribution in [3.63, 3.8) is 0 Å². The van der Waals surface area contributed by atoms with Gasteiger partial charge in [-0.3, -0.25) is 9.69 Å². The zero-order chi connectivity index (χ0) is 21.6. The molecule has 3 aromatic rings. The Hall–Kier alpha value is -2.86. The van der Waals surface area contributed by atoms with Crippen molar-refractivity contribution in [1.29, 1.82) is 0 Å². The highest BCUT2D eigenvalue weighted by atomic mass is 16.5. The van der Waals surface area contributed by atoms with E-state index in [9.17, 15) is 4.79 Å². The van der Waals surface area contributed by atoms with Crippen LogP contribution in [0.5, 0.6) is 5.75 Å². The average molecular weight is 421 g/mol. The number of carbonyl (C=O) groups is 1. The molecule has 1 aromatic heterocycles. The molecule has 1 amide bonds. The lowest BCUT2D eigenvalue weighted by atomic mass is 10.0. The molecule has 0 radical (unpaired) electrons. The van der Waals surface area contributed by atoms with Crippen LogP contribution in [0.4, 0.5) is 0 Å². The fourth-order valence-corrected chi connectivity index (χ4v) is 4.50. The van der Waals surface area contributed by atoms with Gasteiger partial charge in [0, 0.05) is 13.0 Å². The number of amides is 1. The summed E-state index contributed by atoms with van der Waals surface area (Å²) >= 11 is 0.